The number of hydrogen-bond acceptors (Lipinski definition) is 6. The monoisotopic (exact) mass is 424 g/mol. The smallest absolute Gasteiger partial charge is 0.272 e. The van der Waals surface area contributed by atoms with Crippen LogP contribution in [-0.2, 0) is 11.3 Å². The molecular weight excluding hydrogens is 404 g/mol. The van der Waals surface area contributed by atoms with Crippen LogP contribution in [0.5, 0.6) is 0 Å². The topological polar surface area (TPSA) is 76.9 Å². The lowest BCUT2D eigenvalue weighted by atomic mass is 10.1. The highest BCUT2D eigenvalue weighted by molar-refractivity contribution is 7.98. The maximum absolute atomic E-state index is 13.1. The van der Waals surface area contributed by atoms with Crippen molar-refractivity contribution >= 4 is 55.1 Å². The molecule has 0 bridgehead atoms. The van der Waals surface area contributed by atoms with Crippen LogP contribution in [0.15, 0.2) is 40.0 Å². The summed E-state index contributed by atoms with van der Waals surface area (Å²) in [5, 5.41) is 3.78. The standard InChI is InChI=1S/C21H20N4O2S2/c1-11-8-12(2)22-20-17(11)18-19(29-20)21(27)25(13(3)23-18)10-16(26)24-14-6-5-7-15(9-14)28-4/h5-9H,10H2,1-4H3,(H,24,26). The SMILES string of the molecule is CSc1cccc(NC(=O)Cn2c(C)nc3c(sc4nc(C)cc(C)c43)c2=O)c1. The van der Waals surface area contributed by atoms with Crippen LogP contribution in [0.1, 0.15) is 17.1 Å². The zero-order chi connectivity index (χ0) is 20.7. The molecule has 8 heteroatoms. The van der Waals surface area contributed by atoms with Crippen molar-refractivity contribution in [2.45, 2.75) is 32.2 Å². The number of aryl methyl sites for hydroxylation is 3. The minimum atomic E-state index is -0.263. The number of carbonyl (C=O) groups is 1. The molecule has 0 aliphatic carbocycles. The molecule has 4 aromatic rings. The van der Waals surface area contributed by atoms with Gasteiger partial charge in [-0.2, -0.15) is 0 Å². The van der Waals surface area contributed by atoms with E-state index in [0.717, 1.165) is 26.4 Å². The molecule has 0 aliphatic rings. The predicted molar refractivity (Wildman–Crippen MR) is 120 cm³/mol. The van der Waals surface area contributed by atoms with Gasteiger partial charge in [0.1, 0.15) is 21.9 Å². The molecule has 0 saturated carbocycles. The Morgan fingerprint density at radius 2 is 2.00 bits per heavy atom. The Hall–Kier alpha value is -2.71. The van der Waals surface area contributed by atoms with Gasteiger partial charge in [0.15, 0.2) is 0 Å². The number of carbonyl (C=O) groups excluding carboxylic acids is 1. The predicted octanol–water partition coefficient (Wildman–Crippen LogP) is 4.29. The molecule has 148 valence electrons. The Morgan fingerprint density at radius 3 is 2.76 bits per heavy atom. The van der Waals surface area contributed by atoms with E-state index in [0.29, 0.717) is 21.7 Å². The fourth-order valence-electron chi connectivity index (χ4n) is 3.40. The number of benzene rings is 1. The maximum atomic E-state index is 13.1. The van der Waals surface area contributed by atoms with Crippen LogP contribution in [0.4, 0.5) is 5.69 Å². The average Bonchev–Trinajstić information content (AvgIpc) is 3.03. The summed E-state index contributed by atoms with van der Waals surface area (Å²) in [6.45, 7) is 5.60. The minimum absolute atomic E-state index is 0.0865. The number of nitrogens with zero attached hydrogens (tertiary/aromatic N) is 3. The molecule has 3 aromatic heterocycles. The number of rotatable bonds is 4. The molecule has 0 unspecified atom stereocenters. The quantitative estimate of drug-likeness (QED) is 0.495. The summed E-state index contributed by atoms with van der Waals surface area (Å²) in [4.78, 5) is 36.8. The summed E-state index contributed by atoms with van der Waals surface area (Å²) in [7, 11) is 0. The number of aromatic nitrogens is 3. The molecule has 0 spiro atoms. The largest absolute Gasteiger partial charge is 0.324 e. The van der Waals surface area contributed by atoms with Gasteiger partial charge in [-0.05, 0) is 56.9 Å². The molecule has 0 fully saturated rings. The second kappa shape index (κ2) is 7.61. The van der Waals surface area contributed by atoms with Gasteiger partial charge >= 0.3 is 0 Å². The highest BCUT2D eigenvalue weighted by Gasteiger charge is 2.18. The molecular formula is C21H20N4O2S2. The van der Waals surface area contributed by atoms with Gasteiger partial charge in [0.2, 0.25) is 5.91 Å². The highest BCUT2D eigenvalue weighted by atomic mass is 32.2. The molecule has 3 heterocycles. The number of hydrogen-bond donors (Lipinski definition) is 1. The number of fused-ring (bicyclic) bond motifs is 3. The number of thiophene rings is 1. The van der Waals surface area contributed by atoms with Crippen LogP contribution in [0, 0.1) is 20.8 Å². The van der Waals surface area contributed by atoms with Gasteiger partial charge in [-0.1, -0.05) is 6.07 Å². The third-order valence-corrected chi connectivity index (χ3v) is 6.51. The number of pyridine rings is 1. The minimum Gasteiger partial charge on any atom is -0.324 e. The zero-order valence-electron chi connectivity index (χ0n) is 16.6. The molecule has 4 rings (SSSR count). The zero-order valence-corrected chi connectivity index (χ0v) is 18.2. The van der Waals surface area contributed by atoms with Crippen molar-refractivity contribution in [2.75, 3.05) is 11.6 Å². The Bertz CT molecular complexity index is 1320. The van der Waals surface area contributed by atoms with Gasteiger partial charge in [0.05, 0.1) is 5.52 Å². The Balaban J connectivity index is 1.72. The van der Waals surface area contributed by atoms with E-state index in [1.807, 2.05) is 50.4 Å². The number of anilines is 1. The molecule has 29 heavy (non-hydrogen) atoms. The van der Waals surface area contributed by atoms with Crippen LogP contribution in [0.3, 0.4) is 0 Å². The molecule has 1 amide bonds. The second-order valence-corrected chi connectivity index (χ2v) is 8.75. The van der Waals surface area contributed by atoms with Crippen LogP contribution in [-0.4, -0.2) is 26.7 Å². The van der Waals surface area contributed by atoms with Crippen molar-refractivity contribution in [3.05, 3.63) is 57.8 Å². The van der Waals surface area contributed by atoms with Crippen molar-refractivity contribution in [3.8, 4) is 0 Å². The van der Waals surface area contributed by atoms with Gasteiger partial charge in [-0.3, -0.25) is 14.2 Å². The Kier molecular flexibility index (Phi) is 5.14. The fraction of sp³-hybridized carbons (Fsp3) is 0.238. The molecule has 0 radical (unpaired) electrons. The second-order valence-electron chi connectivity index (χ2n) is 6.87. The van der Waals surface area contributed by atoms with Crippen molar-refractivity contribution in [1.29, 1.82) is 0 Å². The van der Waals surface area contributed by atoms with Gasteiger partial charge in [-0.15, -0.1) is 23.1 Å². The van der Waals surface area contributed by atoms with Gasteiger partial charge < -0.3 is 5.32 Å². The summed E-state index contributed by atoms with van der Waals surface area (Å²) in [5.41, 5.74) is 3.13. The van der Waals surface area contributed by atoms with E-state index < -0.39 is 0 Å². The third-order valence-electron chi connectivity index (χ3n) is 4.72. The first-order valence-corrected chi connectivity index (χ1v) is 11.1. The normalized spacial score (nSPS) is 11.3. The summed E-state index contributed by atoms with van der Waals surface area (Å²) < 4.78 is 1.96. The van der Waals surface area contributed by atoms with E-state index in [-0.39, 0.29) is 18.0 Å². The van der Waals surface area contributed by atoms with E-state index in [1.165, 1.54) is 15.9 Å². The fourth-order valence-corrected chi connectivity index (χ4v) is 5.04. The third kappa shape index (κ3) is 3.65. The van der Waals surface area contributed by atoms with Gasteiger partial charge in [-0.25, -0.2) is 9.97 Å². The highest BCUT2D eigenvalue weighted by Crippen LogP contribution is 2.32. The maximum Gasteiger partial charge on any atom is 0.272 e. The van der Waals surface area contributed by atoms with Crippen molar-refractivity contribution in [2.24, 2.45) is 0 Å². The summed E-state index contributed by atoms with van der Waals surface area (Å²) in [5.74, 6) is 0.246. The van der Waals surface area contributed by atoms with Crippen molar-refractivity contribution in [3.63, 3.8) is 0 Å². The van der Waals surface area contributed by atoms with E-state index in [9.17, 15) is 9.59 Å². The van der Waals surface area contributed by atoms with E-state index in [1.54, 1.807) is 18.7 Å². The van der Waals surface area contributed by atoms with Crippen LogP contribution >= 0.6 is 23.1 Å². The Morgan fingerprint density at radius 1 is 1.21 bits per heavy atom. The molecule has 0 aliphatic heterocycles. The van der Waals surface area contributed by atoms with Crippen LogP contribution in [0.25, 0.3) is 20.4 Å². The van der Waals surface area contributed by atoms with Crippen molar-refractivity contribution < 1.29 is 4.79 Å². The summed E-state index contributed by atoms with van der Waals surface area (Å²) in [6.07, 6.45) is 1.98. The first-order valence-electron chi connectivity index (χ1n) is 9.09. The number of thioether (sulfide) groups is 1. The van der Waals surface area contributed by atoms with Crippen LogP contribution in [0.2, 0.25) is 0 Å². The summed E-state index contributed by atoms with van der Waals surface area (Å²) >= 11 is 2.94. The molecule has 6 nitrogen and oxygen atoms in total. The molecule has 0 saturated heterocycles. The van der Waals surface area contributed by atoms with E-state index in [2.05, 4.69) is 15.3 Å². The number of nitrogens with one attached hydrogen (secondary N) is 1. The lowest BCUT2D eigenvalue weighted by Gasteiger charge is -2.11. The van der Waals surface area contributed by atoms with Gasteiger partial charge in [0.25, 0.3) is 5.56 Å². The first-order chi connectivity index (χ1) is 13.9. The molecule has 0 atom stereocenters. The lowest BCUT2D eigenvalue weighted by Crippen LogP contribution is -2.29. The van der Waals surface area contributed by atoms with Crippen LogP contribution < -0.4 is 10.9 Å². The summed E-state index contributed by atoms with van der Waals surface area (Å²) in [6, 6.07) is 9.60. The van der Waals surface area contributed by atoms with Gasteiger partial charge in [0, 0.05) is 21.7 Å². The average molecular weight is 425 g/mol. The first kappa shape index (κ1) is 19.6. The Labute approximate surface area is 176 Å². The van der Waals surface area contributed by atoms with E-state index in [4.69, 9.17) is 0 Å². The van der Waals surface area contributed by atoms with E-state index >= 15 is 0 Å². The number of amides is 1. The molecule has 1 aromatic carbocycles. The van der Waals surface area contributed by atoms with Crippen molar-refractivity contribution in [1.82, 2.24) is 14.5 Å². The molecule has 1 N–H and O–H groups in total. The lowest BCUT2D eigenvalue weighted by molar-refractivity contribution is -0.116.